The molecule has 696 valence electrons. The minimum Gasteiger partial charge on any atom is -0.481 e. The average molecular weight is 1830 g/mol. The zero-order valence-corrected chi connectivity index (χ0v) is 77.9. The summed E-state index contributed by atoms with van der Waals surface area (Å²) in [7, 11) is 0. The number of carboxylic acids is 1. The predicted molar refractivity (Wildman–Crippen MR) is 501 cm³/mol. The van der Waals surface area contributed by atoms with E-state index in [9.17, 15) is 55.2 Å². The molecule has 8 heterocycles. The molecule has 2 aromatic carbocycles. The summed E-state index contributed by atoms with van der Waals surface area (Å²) in [5.41, 5.74) is 29.5. The molecule has 4 aromatic rings. The van der Waals surface area contributed by atoms with Gasteiger partial charge in [0.1, 0.15) is 90.4 Å². The summed E-state index contributed by atoms with van der Waals surface area (Å²) >= 11 is 0. The van der Waals surface area contributed by atoms with Gasteiger partial charge in [0.2, 0.25) is 11.2 Å². The lowest BCUT2D eigenvalue weighted by molar-refractivity contribution is -0.247. The maximum absolute atomic E-state index is 12.5. The largest absolute Gasteiger partial charge is 0.549 e. The number of unbranched alkanes of at least 4 members (excludes halogenated alkanes) is 2. The summed E-state index contributed by atoms with van der Waals surface area (Å²) in [5, 5.41) is 102. The summed E-state index contributed by atoms with van der Waals surface area (Å²) in [6, 6.07) is 19.1. The van der Waals surface area contributed by atoms with Gasteiger partial charge in [-0.25, -0.2) is 24.6 Å². The first kappa shape index (κ1) is 103. The smallest absolute Gasteiger partial charge is 0.481 e. The summed E-state index contributed by atoms with van der Waals surface area (Å²) in [4.78, 5) is 74.1. The lowest BCUT2D eigenvalue weighted by Gasteiger charge is -2.32. The van der Waals surface area contributed by atoms with Crippen LogP contribution in [0.4, 0.5) is 16.4 Å². The first-order chi connectivity index (χ1) is 59.2. The summed E-state index contributed by atoms with van der Waals surface area (Å²) < 4.78 is 32.3. The van der Waals surface area contributed by atoms with Crippen LogP contribution in [0.3, 0.4) is 0 Å². The number of benzene rings is 2. The van der Waals surface area contributed by atoms with Gasteiger partial charge >= 0.3 is 18.1 Å². The monoisotopic (exact) mass is 1830 g/mol. The Labute approximate surface area is 739 Å². The fourth-order valence-electron chi connectivity index (χ4n) is 14.8. The van der Waals surface area contributed by atoms with Crippen molar-refractivity contribution in [3.63, 3.8) is 0 Å². The van der Waals surface area contributed by atoms with Crippen LogP contribution >= 0.6 is 27.5 Å². The Balaban J connectivity index is 0.000000219. The maximum atomic E-state index is 12.5. The van der Waals surface area contributed by atoms with Gasteiger partial charge in [-0.2, -0.15) is 14.8 Å². The van der Waals surface area contributed by atoms with E-state index < -0.39 is 150 Å². The van der Waals surface area contributed by atoms with Crippen molar-refractivity contribution in [1.29, 1.82) is 0 Å². The van der Waals surface area contributed by atoms with Crippen LogP contribution in [0.5, 0.6) is 0 Å². The summed E-state index contributed by atoms with van der Waals surface area (Å²) in [6.07, 6.45) is 18.6. The normalized spacial score (nSPS) is 26.1. The second kappa shape index (κ2) is 46.3. The lowest BCUT2D eigenvalue weighted by atomic mass is 9.98. The Kier molecular flexibility index (Phi) is 37.9. The van der Waals surface area contributed by atoms with Gasteiger partial charge in [0, 0.05) is 62.4 Å². The minimum absolute atomic E-state index is 0.0500. The van der Waals surface area contributed by atoms with Crippen LogP contribution in [-0.4, -0.2) is 325 Å². The summed E-state index contributed by atoms with van der Waals surface area (Å²) in [5.74, 6) is 4.88. The number of nitrogens with zero attached hydrogens (tertiary/aromatic N) is 10. The Hall–Kier alpha value is -8.25. The molecule has 11 rings (SSSR count). The zero-order chi connectivity index (χ0) is 93.0. The number of aliphatic hydroxyl groups is 9. The highest BCUT2D eigenvalue weighted by molar-refractivity contribution is 7.73. The number of aliphatic hydroxyl groups excluding tert-OH is 9. The van der Waals surface area contributed by atoms with Crippen LogP contribution < -0.4 is 34.2 Å². The molecule has 0 amide bonds. The number of aliphatic carboxylic acids is 1. The van der Waals surface area contributed by atoms with Crippen molar-refractivity contribution in [3.05, 3.63) is 144 Å². The molecule has 126 heavy (non-hydrogen) atoms. The highest BCUT2D eigenvalue weighted by Crippen LogP contribution is 2.47. The van der Waals surface area contributed by atoms with E-state index in [0.717, 1.165) is 53.3 Å². The number of anilines is 2. The van der Waals surface area contributed by atoms with Crippen molar-refractivity contribution in [3.8, 4) is 23.0 Å². The molecular formula is C88H134N14O20P4. The molecule has 6 aliphatic heterocycles. The molecule has 2 unspecified atom stereocenters. The van der Waals surface area contributed by atoms with Crippen LogP contribution in [0.25, 0.3) is 11.1 Å². The number of nitrogen functional groups attached to an aromatic ring is 2. The number of amidine groups is 2. The van der Waals surface area contributed by atoms with E-state index in [-0.39, 0.29) is 48.1 Å². The van der Waals surface area contributed by atoms with Crippen LogP contribution in [0.15, 0.2) is 141 Å². The first-order valence-electron chi connectivity index (χ1n) is 42.2. The molecule has 2 aromatic heterocycles. The lowest BCUT2D eigenvalue weighted by Crippen LogP contribution is -2.42. The van der Waals surface area contributed by atoms with Crippen molar-refractivity contribution < 1.29 is 98.9 Å². The van der Waals surface area contributed by atoms with Gasteiger partial charge in [0.25, 0.3) is 0 Å². The molecule has 18 N–H and O–H groups in total. The van der Waals surface area contributed by atoms with Crippen molar-refractivity contribution in [1.82, 2.24) is 28.9 Å². The maximum Gasteiger partial charge on any atom is 0.549 e. The van der Waals surface area contributed by atoms with E-state index in [0.29, 0.717) is 112 Å². The third kappa shape index (κ3) is 29.4. The number of aromatic nitrogens is 4. The number of aliphatic imine (C=N–C) groups is 2. The molecule has 0 radical (unpaired) electrons. The Morgan fingerprint density at radius 2 is 0.913 bits per heavy atom. The van der Waals surface area contributed by atoms with Crippen LogP contribution in [0.1, 0.15) is 121 Å². The van der Waals surface area contributed by atoms with Crippen molar-refractivity contribution in [2.45, 2.75) is 195 Å². The number of rotatable bonds is 32. The molecule has 0 spiro atoms. The number of fused-ring (bicyclic) bond motifs is 3. The molecule has 38 heteroatoms. The quantitative estimate of drug-likeness (QED) is 0.00684. The van der Waals surface area contributed by atoms with Gasteiger partial charge in [-0.15, -0.1) is 58.7 Å². The SMILES string of the molecule is C=C1N=C(N)C(C#CC)=CN1[C@@H]1O[C@H](CCP(=C)(C)C)[C@@H](O)[C@H]1O.C=C1N=C(N)C(CCO)=CN1[C@@H]1O[C@H](CCP(=C)(C)C)[C@@H](O)[C@H]1O.C=P(C)(C)CC[C@H]1O[C@@H](n2ccc(N)nc2=NCCCCC(C)C(=O)O)[C@H](O)[C@@H]1O.C=P(C)(C)CC[C@H]1O[C@@H](n2ccc(N)nc2=NCCCCC(C)C(=O)OOC(=O)OCC2c3ccccc3-c3ccccc32)[C@H](O)[C@@H]1O. The minimum atomic E-state index is -1.32. The third-order valence-corrected chi connectivity index (χ3v) is 28.0. The Bertz CT molecular complexity index is 4960. The van der Waals surface area contributed by atoms with E-state index in [2.05, 4.69) is 138 Å². The number of carbonyl (C=O) groups is 3. The predicted octanol–water partition coefficient (Wildman–Crippen LogP) is 5.82. The van der Waals surface area contributed by atoms with E-state index in [1.807, 2.05) is 48.5 Å². The molecule has 18 atom stereocenters. The molecule has 34 nitrogen and oxygen atoms in total. The number of ether oxygens (including phenoxy) is 5. The zero-order valence-electron chi connectivity index (χ0n) is 74.4. The second-order valence-electron chi connectivity index (χ2n) is 35.5. The number of nitrogens with two attached hydrogens (primary N) is 4. The standard InChI is InChI=1S/C35H45N4O8P.C20H35N4O5P.C17H26N3O3P.C16H28N3O4P/c1-22(33(42)46-47-35(43)44-21-27-25-14-7-5-12-23(25)24-13-6-8-15-26(24)27)11-9-10-18-37-34-38-29(36)16-19-39(34)32-31(41)30(40)28(45-32)17-20-48(2,3)4;1-13(19(27)28)7-5-6-10-22-20-23-15(21)8-11-24(20)18-17(26)16(25)14(29-18)9-12-30(2,3)4;1-6-7-12-10-20(11(2)19-16(12)18)17-15(22)14(21)13(23-17)8-9-24(3,4)5;1-10-18-15(17)11(5-7-20)9-19(10)16-14(22)13(21)12(23-16)6-8-24(2,3)4/h5-8,12-16,19,22,27-28,30-32,40-41H,2,9-11,17-18,20-21H2,1,3-4H3,(H2,36,37,38);8,11,13-14,16-18,25-26H,2,5-7,9-10,12H2,1,3-4H3,(H,27,28)(H2,21,22,23);10,13-15,17,21-22H,2-3,8-9H2,1,4-5H3,(H2,18,19);9,12-14,16,20-22H,1-2,5-8H2,3-4H3,(H2,17,18)/t22?,28-,30-,31-,32-;13?,14-,16-,17-,18-;13-,14-,15-,17-;12-,13-,14-,16-/m1111/s1. The summed E-state index contributed by atoms with van der Waals surface area (Å²) in [6.45, 7) is 25.4. The Morgan fingerprint density at radius 3 is 1.31 bits per heavy atom. The topological polar surface area (TPSA) is 514 Å². The first-order valence-corrected chi connectivity index (χ1v) is 54.4. The molecule has 4 saturated heterocycles. The van der Waals surface area contributed by atoms with E-state index in [1.165, 1.54) is 0 Å². The number of hydrogen-bond acceptors (Lipinski definition) is 31. The number of carboxylic acid groups (broad SMARTS) is 1. The molecule has 7 aliphatic rings. The molecule has 0 saturated carbocycles. The van der Waals surface area contributed by atoms with E-state index in [4.69, 9.17) is 61.7 Å². The van der Waals surface area contributed by atoms with E-state index in [1.54, 1.807) is 76.6 Å². The van der Waals surface area contributed by atoms with Gasteiger partial charge < -0.3 is 107 Å². The Morgan fingerprint density at radius 1 is 0.532 bits per heavy atom. The molecule has 0 bridgehead atoms. The fourth-order valence-corrected chi connectivity index (χ4v) is 18.6. The highest BCUT2D eigenvalue weighted by Gasteiger charge is 2.49. The van der Waals surface area contributed by atoms with Gasteiger partial charge in [0.05, 0.1) is 41.8 Å². The number of carbonyl (C=O) groups excluding carboxylic acids is 2. The number of hydrogen-bond donors (Lipinski definition) is 14. The second-order valence-corrected chi connectivity index (χ2v) is 52.7. The third-order valence-electron chi connectivity index (χ3n) is 22.1. The van der Waals surface area contributed by atoms with Gasteiger partial charge in [0.15, 0.2) is 24.9 Å². The highest BCUT2D eigenvalue weighted by atomic mass is 31.2. The van der Waals surface area contributed by atoms with Crippen molar-refractivity contribution >= 4 is 94.1 Å². The van der Waals surface area contributed by atoms with Gasteiger partial charge in [-0.05, 0) is 171 Å². The van der Waals surface area contributed by atoms with E-state index >= 15 is 0 Å². The van der Waals surface area contributed by atoms with Crippen molar-refractivity contribution in [2.75, 3.05) is 116 Å². The van der Waals surface area contributed by atoms with Crippen LogP contribution in [0.2, 0.25) is 0 Å². The molecular weight excluding hydrogens is 1700 g/mol. The molecule has 1 aliphatic carbocycles. The van der Waals surface area contributed by atoms with Crippen molar-refractivity contribution in [2.24, 2.45) is 43.3 Å². The van der Waals surface area contributed by atoms with Crippen LogP contribution in [-0.2, 0) is 43.0 Å². The van der Waals surface area contributed by atoms with Crippen LogP contribution in [0, 0.1) is 23.7 Å². The molecule has 4 fully saturated rings. The average Bonchev–Trinajstić information content (AvgIpc) is 1.78. The fraction of sp³-hybridized carbons (Fsp3) is 0.557. The van der Waals surface area contributed by atoms with Gasteiger partial charge in [-0.1, -0.05) is 94.3 Å². The van der Waals surface area contributed by atoms with Gasteiger partial charge in [-0.3, -0.25) is 23.9 Å².